The Morgan fingerprint density at radius 2 is 2.23 bits per heavy atom. The first-order valence-corrected chi connectivity index (χ1v) is 5.07. The summed E-state index contributed by atoms with van der Waals surface area (Å²) in [4.78, 5) is 10.5. The second kappa shape index (κ2) is 5.06. The molecule has 1 aromatic carbocycles. The maximum Gasteiger partial charge on any atom is 0.150 e. The van der Waals surface area contributed by atoms with Crippen molar-refractivity contribution >= 4 is 33.8 Å². The smallest absolute Gasteiger partial charge is 0.150 e. The van der Waals surface area contributed by atoms with Crippen molar-refractivity contribution in [2.45, 2.75) is 0 Å². The van der Waals surface area contributed by atoms with Crippen molar-refractivity contribution in [1.29, 1.82) is 0 Å². The first-order chi connectivity index (χ1) is 6.26. The summed E-state index contributed by atoms with van der Waals surface area (Å²) in [5.74, 6) is 5.70. The van der Waals surface area contributed by atoms with Gasteiger partial charge in [0.2, 0.25) is 0 Å². The second-order valence-electron chi connectivity index (χ2n) is 2.33. The molecule has 0 bridgehead atoms. The fourth-order valence-corrected chi connectivity index (χ4v) is 1.27. The molecule has 0 radical (unpaired) electrons. The van der Waals surface area contributed by atoms with E-state index in [4.69, 9.17) is 11.6 Å². The van der Waals surface area contributed by atoms with Crippen LogP contribution < -0.4 is 0 Å². The van der Waals surface area contributed by atoms with E-state index in [9.17, 15) is 4.79 Å². The fourth-order valence-electron chi connectivity index (χ4n) is 0.888. The first kappa shape index (κ1) is 10.3. The molecule has 0 amide bonds. The minimum absolute atomic E-state index is 0.531. The number of aldehydes is 1. The highest BCUT2D eigenvalue weighted by Crippen LogP contribution is 2.13. The van der Waals surface area contributed by atoms with Gasteiger partial charge in [0.05, 0.1) is 5.33 Å². The number of carbonyl (C=O) groups excluding carboxylic acids is 1. The summed E-state index contributed by atoms with van der Waals surface area (Å²) in [5, 5.41) is 1.14. The van der Waals surface area contributed by atoms with Gasteiger partial charge in [0.15, 0.2) is 0 Å². The summed E-state index contributed by atoms with van der Waals surface area (Å²) in [7, 11) is 0. The predicted octanol–water partition coefficient (Wildman–Crippen LogP) is 2.90. The average Bonchev–Trinajstić information content (AvgIpc) is 2.14. The molecule has 1 nitrogen and oxygen atoms in total. The Hall–Kier alpha value is -0.780. The van der Waals surface area contributed by atoms with Crippen molar-refractivity contribution in [3.8, 4) is 11.8 Å². The molecule has 0 aliphatic rings. The average molecular weight is 258 g/mol. The summed E-state index contributed by atoms with van der Waals surface area (Å²) in [6.45, 7) is 0. The highest BCUT2D eigenvalue weighted by molar-refractivity contribution is 9.09. The SMILES string of the molecule is O=Cc1cc(Cl)cc(C#CCBr)c1. The molecule has 66 valence electrons. The molecule has 3 heteroatoms. The summed E-state index contributed by atoms with van der Waals surface area (Å²) in [6.07, 6.45) is 0.755. The molecule has 0 aliphatic carbocycles. The third kappa shape index (κ3) is 3.22. The highest BCUT2D eigenvalue weighted by atomic mass is 79.9. The van der Waals surface area contributed by atoms with Crippen LogP contribution in [0, 0.1) is 11.8 Å². The van der Waals surface area contributed by atoms with Gasteiger partial charge in [0.25, 0.3) is 0 Å². The van der Waals surface area contributed by atoms with Gasteiger partial charge in [-0.2, -0.15) is 0 Å². The number of alkyl halides is 1. The number of rotatable bonds is 1. The van der Waals surface area contributed by atoms with Crippen LogP contribution in [0.5, 0.6) is 0 Å². The molecule has 0 atom stereocenters. The summed E-state index contributed by atoms with van der Waals surface area (Å²) in [6, 6.07) is 5.03. The Morgan fingerprint density at radius 1 is 1.46 bits per heavy atom. The zero-order valence-electron chi connectivity index (χ0n) is 6.68. The van der Waals surface area contributed by atoms with Crippen LogP contribution in [0.2, 0.25) is 5.02 Å². The molecule has 0 aromatic heterocycles. The summed E-state index contributed by atoms with van der Waals surface area (Å²) >= 11 is 8.95. The van der Waals surface area contributed by atoms with Crippen LogP contribution in [0.4, 0.5) is 0 Å². The fraction of sp³-hybridized carbons (Fsp3) is 0.100. The molecule has 0 saturated carbocycles. The zero-order valence-corrected chi connectivity index (χ0v) is 9.02. The van der Waals surface area contributed by atoms with Gasteiger partial charge in [0.1, 0.15) is 6.29 Å². The van der Waals surface area contributed by atoms with E-state index in [0.717, 1.165) is 11.8 Å². The highest BCUT2D eigenvalue weighted by Gasteiger charge is 1.95. The Morgan fingerprint density at radius 3 is 2.85 bits per heavy atom. The Bertz CT molecular complexity index is 376. The lowest BCUT2D eigenvalue weighted by Crippen LogP contribution is -1.82. The maximum atomic E-state index is 10.5. The van der Waals surface area contributed by atoms with E-state index >= 15 is 0 Å². The number of carbonyl (C=O) groups is 1. The van der Waals surface area contributed by atoms with Gasteiger partial charge in [0, 0.05) is 16.1 Å². The number of halogens is 2. The van der Waals surface area contributed by atoms with Gasteiger partial charge in [-0.25, -0.2) is 0 Å². The zero-order chi connectivity index (χ0) is 9.68. The van der Waals surface area contributed by atoms with E-state index in [-0.39, 0.29) is 0 Å². The van der Waals surface area contributed by atoms with E-state index in [0.29, 0.717) is 15.9 Å². The van der Waals surface area contributed by atoms with E-state index < -0.39 is 0 Å². The van der Waals surface area contributed by atoms with Crippen LogP contribution in [0.15, 0.2) is 18.2 Å². The van der Waals surface area contributed by atoms with Gasteiger partial charge in [-0.15, -0.1) is 0 Å². The van der Waals surface area contributed by atoms with Gasteiger partial charge in [-0.1, -0.05) is 39.4 Å². The summed E-state index contributed by atoms with van der Waals surface area (Å²) < 4.78 is 0. The van der Waals surface area contributed by atoms with Gasteiger partial charge in [-0.05, 0) is 18.2 Å². The molecule has 0 aliphatic heterocycles. The normalized spacial score (nSPS) is 8.77. The molecule has 1 rings (SSSR count). The van der Waals surface area contributed by atoms with Crippen LogP contribution >= 0.6 is 27.5 Å². The maximum absolute atomic E-state index is 10.5. The van der Waals surface area contributed by atoms with Crippen molar-refractivity contribution in [1.82, 2.24) is 0 Å². The van der Waals surface area contributed by atoms with Gasteiger partial charge < -0.3 is 0 Å². The topological polar surface area (TPSA) is 17.1 Å². The van der Waals surface area contributed by atoms with Crippen LogP contribution in [-0.4, -0.2) is 11.6 Å². The molecule has 13 heavy (non-hydrogen) atoms. The first-order valence-electron chi connectivity index (χ1n) is 3.57. The number of hydrogen-bond donors (Lipinski definition) is 0. The minimum Gasteiger partial charge on any atom is -0.298 e. The van der Waals surface area contributed by atoms with Crippen molar-refractivity contribution < 1.29 is 4.79 Å². The van der Waals surface area contributed by atoms with Gasteiger partial charge >= 0.3 is 0 Å². The summed E-state index contributed by atoms with van der Waals surface area (Å²) in [5.41, 5.74) is 1.31. The molecular formula is C10H6BrClO. The second-order valence-corrected chi connectivity index (χ2v) is 3.32. The van der Waals surface area contributed by atoms with Crippen molar-refractivity contribution in [2.24, 2.45) is 0 Å². The molecule has 1 aromatic rings. The molecular weight excluding hydrogens is 251 g/mol. The predicted molar refractivity (Wildman–Crippen MR) is 57.5 cm³/mol. The van der Waals surface area contributed by atoms with Crippen molar-refractivity contribution in [3.63, 3.8) is 0 Å². The Kier molecular flexibility index (Phi) is 4.01. The third-order valence-corrected chi connectivity index (χ3v) is 1.85. The molecule has 0 spiro atoms. The number of benzene rings is 1. The lowest BCUT2D eigenvalue weighted by Gasteiger charge is -1.94. The van der Waals surface area contributed by atoms with Crippen LogP contribution in [-0.2, 0) is 0 Å². The lowest BCUT2D eigenvalue weighted by molar-refractivity contribution is 0.112. The molecule has 0 N–H and O–H groups in total. The standard InChI is InChI=1S/C10H6BrClO/c11-3-1-2-8-4-9(7-13)6-10(12)5-8/h4-7H,3H2. The largest absolute Gasteiger partial charge is 0.298 e. The van der Waals surface area contributed by atoms with E-state index in [1.807, 2.05) is 0 Å². The Balaban J connectivity index is 3.08. The molecule has 0 heterocycles. The molecule has 0 saturated heterocycles. The van der Waals surface area contributed by atoms with E-state index in [1.54, 1.807) is 18.2 Å². The molecule has 0 fully saturated rings. The van der Waals surface area contributed by atoms with E-state index in [1.165, 1.54) is 0 Å². The third-order valence-electron chi connectivity index (χ3n) is 1.36. The van der Waals surface area contributed by atoms with Gasteiger partial charge in [-0.3, -0.25) is 4.79 Å². The monoisotopic (exact) mass is 256 g/mol. The van der Waals surface area contributed by atoms with E-state index in [2.05, 4.69) is 27.8 Å². The van der Waals surface area contributed by atoms with Crippen LogP contribution in [0.1, 0.15) is 15.9 Å². The Labute approximate surface area is 90.2 Å². The van der Waals surface area contributed by atoms with Crippen LogP contribution in [0.3, 0.4) is 0 Å². The quantitative estimate of drug-likeness (QED) is 0.429. The van der Waals surface area contributed by atoms with Crippen LogP contribution in [0.25, 0.3) is 0 Å². The number of hydrogen-bond acceptors (Lipinski definition) is 1. The lowest BCUT2D eigenvalue weighted by atomic mass is 10.1. The minimum atomic E-state index is 0.531. The van der Waals surface area contributed by atoms with Crippen molar-refractivity contribution in [3.05, 3.63) is 34.3 Å². The molecule has 0 unspecified atom stereocenters. The van der Waals surface area contributed by atoms with Crippen molar-refractivity contribution in [2.75, 3.05) is 5.33 Å².